The number of nitrogens with one attached hydrogen (secondary N) is 2. The highest BCUT2D eigenvalue weighted by Crippen LogP contribution is 2.09. The van der Waals surface area contributed by atoms with Crippen LogP contribution < -0.4 is 10.6 Å². The third-order valence-electron chi connectivity index (χ3n) is 2.93. The molecular formula is C15H17N3O3S. The quantitative estimate of drug-likeness (QED) is 0.841. The Kier molecular flexibility index (Phi) is 5.48. The zero-order valence-corrected chi connectivity index (χ0v) is 12.7. The monoisotopic (exact) mass is 319 g/mol. The summed E-state index contributed by atoms with van der Waals surface area (Å²) < 4.78 is 24.0. The van der Waals surface area contributed by atoms with Crippen molar-refractivity contribution < 1.29 is 13.2 Å². The number of amides is 2. The van der Waals surface area contributed by atoms with E-state index in [1.54, 1.807) is 36.7 Å². The lowest BCUT2D eigenvalue weighted by molar-refractivity contribution is 0.241. The molecule has 2 rings (SSSR count). The predicted octanol–water partition coefficient (Wildman–Crippen LogP) is 1.35. The fraction of sp³-hybridized carbons (Fsp3) is 0.200. The lowest BCUT2D eigenvalue weighted by Crippen LogP contribution is -2.37. The molecular weight excluding hydrogens is 302 g/mol. The van der Waals surface area contributed by atoms with Crippen LogP contribution in [0.5, 0.6) is 0 Å². The normalized spacial score (nSPS) is 10.9. The molecule has 2 N–H and O–H groups in total. The molecule has 1 aromatic heterocycles. The Balaban J connectivity index is 1.75. The van der Waals surface area contributed by atoms with Crippen LogP contribution in [0.2, 0.25) is 0 Å². The van der Waals surface area contributed by atoms with Crippen LogP contribution in [0.4, 0.5) is 4.79 Å². The average Bonchev–Trinajstić information content (AvgIpc) is 2.54. The Labute approximate surface area is 129 Å². The first-order chi connectivity index (χ1) is 10.6. The molecule has 2 aromatic rings. The van der Waals surface area contributed by atoms with Gasteiger partial charge in [-0.05, 0) is 23.8 Å². The van der Waals surface area contributed by atoms with Gasteiger partial charge in [-0.2, -0.15) is 0 Å². The van der Waals surface area contributed by atoms with Crippen molar-refractivity contribution in [3.8, 4) is 0 Å². The van der Waals surface area contributed by atoms with E-state index in [0.29, 0.717) is 6.54 Å². The number of pyridine rings is 1. The standard InChI is InChI=1S/C15H17N3O3S/c19-15(18-12-13-5-4-8-16-11-13)17-9-10-22(20,21)14-6-2-1-3-7-14/h1-8,11H,9-10,12H2,(H2,17,18,19). The molecule has 0 aliphatic rings. The predicted molar refractivity (Wildman–Crippen MR) is 83.0 cm³/mol. The van der Waals surface area contributed by atoms with Crippen LogP contribution in [-0.4, -0.2) is 31.7 Å². The van der Waals surface area contributed by atoms with E-state index in [2.05, 4.69) is 15.6 Å². The van der Waals surface area contributed by atoms with Crippen molar-refractivity contribution in [2.75, 3.05) is 12.3 Å². The summed E-state index contributed by atoms with van der Waals surface area (Å²) in [6.45, 7) is 0.390. The number of hydrogen-bond donors (Lipinski definition) is 2. The minimum absolute atomic E-state index is 0.0517. The maximum atomic E-state index is 12.0. The zero-order valence-electron chi connectivity index (χ0n) is 11.9. The van der Waals surface area contributed by atoms with E-state index in [-0.39, 0.29) is 17.2 Å². The van der Waals surface area contributed by atoms with E-state index < -0.39 is 15.9 Å². The topological polar surface area (TPSA) is 88.2 Å². The molecule has 7 heteroatoms. The van der Waals surface area contributed by atoms with Gasteiger partial charge in [0.2, 0.25) is 0 Å². The number of sulfone groups is 1. The molecule has 0 atom stereocenters. The zero-order chi connectivity index (χ0) is 15.8. The number of carbonyl (C=O) groups is 1. The highest BCUT2D eigenvalue weighted by Gasteiger charge is 2.13. The van der Waals surface area contributed by atoms with E-state index in [0.717, 1.165) is 5.56 Å². The molecule has 0 aliphatic carbocycles. The van der Waals surface area contributed by atoms with Gasteiger partial charge in [0, 0.05) is 25.5 Å². The van der Waals surface area contributed by atoms with Gasteiger partial charge in [0.25, 0.3) is 0 Å². The largest absolute Gasteiger partial charge is 0.337 e. The Morgan fingerprint density at radius 1 is 1.05 bits per heavy atom. The Morgan fingerprint density at radius 2 is 1.82 bits per heavy atom. The maximum absolute atomic E-state index is 12.0. The maximum Gasteiger partial charge on any atom is 0.315 e. The molecule has 0 radical (unpaired) electrons. The molecule has 6 nitrogen and oxygen atoms in total. The number of carbonyl (C=O) groups excluding carboxylic acids is 1. The first kappa shape index (κ1) is 16.0. The van der Waals surface area contributed by atoms with Gasteiger partial charge >= 0.3 is 6.03 Å². The molecule has 0 saturated heterocycles. The summed E-state index contributed by atoms with van der Waals surface area (Å²) in [7, 11) is -3.38. The van der Waals surface area contributed by atoms with Crippen molar-refractivity contribution in [3.05, 3.63) is 60.4 Å². The number of hydrogen-bond acceptors (Lipinski definition) is 4. The van der Waals surface area contributed by atoms with Crippen LogP contribution in [0.25, 0.3) is 0 Å². The fourth-order valence-electron chi connectivity index (χ4n) is 1.79. The van der Waals surface area contributed by atoms with Gasteiger partial charge in [0.05, 0.1) is 10.6 Å². The summed E-state index contributed by atoms with van der Waals surface area (Å²) in [5.74, 6) is -0.142. The molecule has 1 heterocycles. The number of urea groups is 1. The third-order valence-corrected chi connectivity index (χ3v) is 4.67. The minimum atomic E-state index is -3.38. The van der Waals surface area contributed by atoms with Gasteiger partial charge < -0.3 is 10.6 Å². The van der Waals surface area contributed by atoms with Crippen molar-refractivity contribution in [1.29, 1.82) is 0 Å². The average molecular weight is 319 g/mol. The summed E-state index contributed by atoms with van der Waals surface area (Å²) in [5.41, 5.74) is 0.870. The summed E-state index contributed by atoms with van der Waals surface area (Å²) in [6.07, 6.45) is 3.30. The Morgan fingerprint density at radius 3 is 2.50 bits per heavy atom. The molecule has 2 amide bonds. The number of rotatable bonds is 6. The Hall–Kier alpha value is -2.41. The molecule has 116 valence electrons. The second-order valence-electron chi connectivity index (χ2n) is 4.60. The van der Waals surface area contributed by atoms with Crippen LogP contribution in [0.15, 0.2) is 59.8 Å². The second kappa shape index (κ2) is 7.56. The first-order valence-electron chi connectivity index (χ1n) is 6.76. The van der Waals surface area contributed by atoms with E-state index in [1.165, 1.54) is 12.1 Å². The lowest BCUT2D eigenvalue weighted by Gasteiger charge is -2.08. The van der Waals surface area contributed by atoms with E-state index in [9.17, 15) is 13.2 Å². The van der Waals surface area contributed by atoms with Crippen molar-refractivity contribution in [2.24, 2.45) is 0 Å². The van der Waals surface area contributed by atoms with Crippen molar-refractivity contribution in [1.82, 2.24) is 15.6 Å². The summed E-state index contributed by atoms with van der Waals surface area (Å²) >= 11 is 0. The van der Waals surface area contributed by atoms with Crippen molar-refractivity contribution >= 4 is 15.9 Å². The van der Waals surface area contributed by atoms with Gasteiger partial charge in [0.15, 0.2) is 9.84 Å². The molecule has 0 unspecified atom stereocenters. The van der Waals surface area contributed by atoms with Crippen LogP contribution in [0.3, 0.4) is 0 Å². The lowest BCUT2D eigenvalue weighted by atomic mass is 10.3. The van der Waals surface area contributed by atoms with Gasteiger partial charge in [-0.1, -0.05) is 24.3 Å². The second-order valence-corrected chi connectivity index (χ2v) is 6.71. The van der Waals surface area contributed by atoms with E-state index in [1.807, 2.05) is 6.07 Å². The number of aromatic nitrogens is 1. The molecule has 0 fully saturated rings. The molecule has 0 spiro atoms. The SMILES string of the molecule is O=C(NCCS(=O)(=O)c1ccccc1)NCc1cccnc1. The van der Waals surface area contributed by atoms with Crippen LogP contribution in [0, 0.1) is 0 Å². The fourth-order valence-corrected chi connectivity index (χ4v) is 2.97. The highest BCUT2D eigenvalue weighted by atomic mass is 32.2. The smallest absolute Gasteiger partial charge is 0.315 e. The van der Waals surface area contributed by atoms with Crippen LogP contribution in [-0.2, 0) is 16.4 Å². The summed E-state index contributed by atoms with van der Waals surface area (Å²) in [5, 5.41) is 5.17. The molecule has 0 saturated carbocycles. The van der Waals surface area contributed by atoms with Crippen LogP contribution in [0.1, 0.15) is 5.56 Å². The molecule has 0 bridgehead atoms. The molecule has 22 heavy (non-hydrogen) atoms. The van der Waals surface area contributed by atoms with E-state index in [4.69, 9.17) is 0 Å². The van der Waals surface area contributed by atoms with Gasteiger partial charge in [0.1, 0.15) is 0 Å². The first-order valence-corrected chi connectivity index (χ1v) is 8.41. The van der Waals surface area contributed by atoms with Crippen molar-refractivity contribution in [3.63, 3.8) is 0 Å². The van der Waals surface area contributed by atoms with Crippen molar-refractivity contribution in [2.45, 2.75) is 11.4 Å². The van der Waals surface area contributed by atoms with Gasteiger partial charge in [-0.3, -0.25) is 4.98 Å². The third kappa shape index (κ3) is 4.85. The summed E-state index contributed by atoms with van der Waals surface area (Å²) in [4.78, 5) is 15.8. The number of benzene rings is 1. The van der Waals surface area contributed by atoms with Crippen LogP contribution >= 0.6 is 0 Å². The minimum Gasteiger partial charge on any atom is -0.337 e. The Bertz CT molecular complexity index is 703. The van der Waals surface area contributed by atoms with Gasteiger partial charge in [-0.15, -0.1) is 0 Å². The highest BCUT2D eigenvalue weighted by molar-refractivity contribution is 7.91. The molecule has 1 aromatic carbocycles. The summed E-state index contributed by atoms with van der Waals surface area (Å²) in [6, 6.07) is 11.4. The van der Waals surface area contributed by atoms with Gasteiger partial charge in [-0.25, -0.2) is 13.2 Å². The van der Waals surface area contributed by atoms with E-state index >= 15 is 0 Å². The number of nitrogens with zero attached hydrogens (tertiary/aromatic N) is 1. The molecule has 0 aliphatic heterocycles.